The van der Waals surface area contributed by atoms with Crippen molar-refractivity contribution in [3.8, 4) is 0 Å². The molecule has 1 aliphatic carbocycles. The lowest BCUT2D eigenvalue weighted by Crippen LogP contribution is -2.47. The van der Waals surface area contributed by atoms with Crippen molar-refractivity contribution in [3.05, 3.63) is 41.4 Å². The number of para-hydroxylation sites is 1. The zero-order valence-electron chi connectivity index (χ0n) is 18.7. The van der Waals surface area contributed by atoms with E-state index in [1.807, 2.05) is 17.0 Å². The van der Waals surface area contributed by atoms with E-state index in [1.165, 1.54) is 17.5 Å². The van der Waals surface area contributed by atoms with Gasteiger partial charge in [-0.05, 0) is 50.7 Å². The summed E-state index contributed by atoms with van der Waals surface area (Å²) in [5.41, 5.74) is 1.03. The van der Waals surface area contributed by atoms with Gasteiger partial charge in [0.15, 0.2) is 0 Å². The number of rotatable bonds is 3. The minimum Gasteiger partial charge on any atom is -0.342 e. The molecule has 2 aromatic rings. The Kier molecular flexibility index (Phi) is 6.58. The number of amides is 2. The molecule has 0 radical (unpaired) electrons. The van der Waals surface area contributed by atoms with E-state index in [9.17, 15) is 9.59 Å². The summed E-state index contributed by atoms with van der Waals surface area (Å²) in [4.78, 5) is 35.5. The molecule has 0 saturated carbocycles. The summed E-state index contributed by atoms with van der Waals surface area (Å²) in [5, 5.41) is 1.08. The fourth-order valence-electron chi connectivity index (χ4n) is 5.54. The molecule has 1 aromatic carbocycles. The van der Waals surface area contributed by atoms with Crippen LogP contribution in [0.1, 0.15) is 62.3 Å². The van der Waals surface area contributed by atoms with Gasteiger partial charge in [0.25, 0.3) is 0 Å². The van der Waals surface area contributed by atoms with Crippen LogP contribution >= 0.6 is 11.3 Å². The van der Waals surface area contributed by atoms with Gasteiger partial charge in [0.1, 0.15) is 0 Å². The molecule has 2 atom stereocenters. The van der Waals surface area contributed by atoms with E-state index in [4.69, 9.17) is 4.98 Å². The Morgan fingerprint density at radius 1 is 0.844 bits per heavy atom. The predicted molar refractivity (Wildman–Crippen MR) is 129 cm³/mol. The number of aromatic nitrogens is 1. The average Bonchev–Trinajstić information content (AvgIpc) is 3.09. The Balaban J connectivity index is 1.23. The monoisotopic (exact) mass is 451 g/mol. The number of carbonyl (C=O) groups is 2. The largest absolute Gasteiger partial charge is 0.342 e. The molecule has 32 heavy (non-hydrogen) atoms. The third-order valence-electron chi connectivity index (χ3n) is 7.45. The van der Waals surface area contributed by atoms with Gasteiger partial charge in [-0.3, -0.25) is 9.59 Å². The predicted octanol–water partition coefficient (Wildman–Crippen LogP) is 4.99. The van der Waals surface area contributed by atoms with Gasteiger partial charge in [-0.1, -0.05) is 37.1 Å². The smallest absolute Gasteiger partial charge is 0.226 e. The maximum Gasteiger partial charge on any atom is 0.226 e. The number of benzene rings is 1. The lowest BCUT2D eigenvalue weighted by atomic mass is 9.81. The Hall–Kier alpha value is -2.21. The zero-order valence-corrected chi connectivity index (χ0v) is 19.6. The summed E-state index contributed by atoms with van der Waals surface area (Å²) in [7, 11) is 0. The SMILES string of the molecule is O=C(C1CCN(C(=O)C2CC=CCC2c2nc3ccccc3s2)CC1)N1CCCCCC1. The Bertz CT molecular complexity index is 951. The van der Waals surface area contributed by atoms with Crippen LogP contribution in [0.15, 0.2) is 36.4 Å². The van der Waals surface area contributed by atoms with Gasteiger partial charge < -0.3 is 9.80 Å². The highest BCUT2D eigenvalue weighted by atomic mass is 32.1. The highest BCUT2D eigenvalue weighted by Gasteiger charge is 2.37. The molecule has 5 nitrogen and oxygen atoms in total. The van der Waals surface area contributed by atoms with E-state index >= 15 is 0 Å². The highest BCUT2D eigenvalue weighted by molar-refractivity contribution is 7.18. The summed E-state index contributed by atoms with van der Waals surface area (Å²) in [6.07, 6.45) is 12.4. The summed E-state index contributed by atoms with van der Waals surface area (Å²) < 4.78 is 1.19. The molecular weight excluding hydrogens is 418 g/mol. The molecule has 0 spiro atoms. The van der Waals surface area contributed by atoms with E-state index in [-0.39, 0.29) is 23.7 Å². The molecule has 3 heterocycles. The van der Waals surface area contributed by atoms with E-state index < -0.39 is 0 Å². The molecule has 2 unspecified atom stereocenters. The van der Waals surface area contributed by atoms with Crippen molar-refractivity contribution in [2.24, 2.45) is 11.8 Å². The number of piperidine rings is 1. The summed E-state index contributed by atoms with van der Waals surface area (Å²) in [5.74, 6) is 0.773. The van der Waals surface area contributed by atoms with Gasteiger partial charge in [0, 0.05) is 38.0 Å². The highest BCUT2D eigenvalue weighted by Crippen LogP contribution is 2.39. The van der Waals surface area contributed by atoms with Crippen LogP contribution in [0.25, 0.3) is 10.2 Å². The molecule has 2 fully saturated rings. The van der Waals surface area contributed by atoms with Gasteiger partial charge in [0.2, 0.25) is 11.8 Å². The molecule has 1 aromatic heterocycles. The van der Waals surface area contributed by atoms with Gasteiger partial charge in [-0.2, -0.15) is 0 Å². The van der Waals surface area contributed by atoms with Crippen molar-refractivity contribution in [2.75, 3.05) is 26.2 Å². The topological polar surface area (TPSA) is 53.5 Å². The second-order valence-corrected chi connectivity index (χ2v) is 10.6. The van der Waals surface area contributed by atoms with Crippen LogP contribution in [0, 0.1) is 11.8 Å². The molecule has 2 aliphatic heterocycles. The van der Waals surface area contributed by atoms with Crippen LogP contribution in [0.3, 0.4) is 0 Å². The first kappa shape index (κ1) is 21.6. The molecule has 0 N–H and O–H groups in total. The first-order chi connectivity index (χ1) is 15.7. The van der Waals surface area contributed by atoms with E-state index in [1.54, 1.807) is 11.3 Å². The summed E-state index contributed by atoms with van der Waals surface area (Å²) in [6, 6.07) is 8.23. The van der Waals surface area contributed by atoms with Gasteiger partial charge in [-0.25, -0.2) is 4.98 Å². The Morgan fingerprint density at radius 2 is 1.53 bits per heavy atom. The summed E-state index contributed by atoms with van der Waals surface area (Å²) in [6.45, 7) is 3.23. The second kappa shape index (κ2) is 9.74. The quantitative estimate of drug-likeness (QED) is 0.618. The van der Waals surface area contributed by atoms with E-state index in [0.29, 0.717) is 19.0 Å². The van der Waals surface area contributed by atoms with Gasteiger partial charge in [0.05, 0.1) is 21.1 Å². The van der Waals surface area contributed by atoms with Crippen LogP contribution in [0.5, 0.6) is 0 Å². The second-order valence-electron chi connectivity index (χ2n) is 9.51. The number of hydrogen-bond donors (Lipinski definition) is 0. The lowest BCUT2D eigenvalue weighted by Gasteiger charge is -2.37. The number of carbonyl (C=O) groups excluding carboxylic acids is 2. The maximum atomic E-state index is 13.5. The molecule has 2 amide bonds. The minimum atomic E-state index is -0.0431. The van der Waals surface area contributed by atoms with Crippen LogP contribution in [0.4, 0.5) is 0 Å². The third-order valence-corrected chi connectivity index (χ3v) is 8.62. The van der Waals surface area contributed by atoms with Crippen molar-refractivity contribution in [2.45, 2.75) is 57.3 Å². The Labute approximate surface area is 194 Å². The number of likely N-dealkylation sites (tertiary alicyclic amines) is 2. The fraction of sp³-hybridized carbons (Fsp3) is 0.577. The number of hydrogen-bond acceptors (Lipinski definition) is 4. The minimum absolute atomic E-state index is 0.0431. The molecule has 2 saturated heterocycles. The molecule has 170 valence electrons. The molecule has 5 rings (SSSR count). The number of allylic oxidation sites excluding steroid dienone is 2. The van der Waals surface area contributed by atoms with Gasteiger partial charge in [-0.15, -0.1) is 11.3 Å². The summed E-state index contributed by atoms with van der Waals surface area (Å²) >= 11 is 1.73. The zero-order chi connectivity index (χ0) is 21.9. The molecular formula is C26H33N3O2S. The van der Waals surface area contributed by atoms with Crippen molar-refractivity contribution in [1.82, 2.24) is 14.8 Å². The van der Waals surface area contributed by atoms with Crippen molar-refractivity contribution < 1.29 is 9.59 Å². The molecule has 6 heteroatoms. The molecule has 0 bridgehead atoms. The van der Waals surface area contributed by atoms with Gasteiger partial charge >= 0.3 is 0 Å². The van der Waals surface area contributed by atoms with Crippen molar-refractivity contribution >= 4 is 33.4 Å². The average molecular weight is 452 g/mol. The normalized spacial score (nSPS) is 25.1. The standard InChI is InChI=1S/C26H33N3O2S/c30-25(28-15-7-1-2-8-16-28)19-13-17-29(18-14-19)26(31)21-10-4-3-9-20(21)24-27-22-11-5-6-12-23(22)32-24/h3-6,11-12,19-21H,1-2,7-10,13-18H2. The van der Waals surface area contributed by atoms with Crippen LogP contribution in [0.2, 0.25) is 0 Å². The van der Waals surface area contributed by atoms with E-state index in [2.05, 4.69) is 29.2 Å². The van der Waals surface area contributed by atoms with Crippen LogP contribution in [-0.2, 0) is 9.59 Å². The number of fused-ring (bicyclic) bond motifs is 1. The Morgan fingerprint density at radius 3 is 2.28 bits per heavy atom. The molecule has 3 aliphatic rings. The maximum absolute atomic E-state index is 13.5. The number of thiazole rings is 1. The van der Waals surface area contributed by atoms with Crippen LogP contribution in [-0.4, -0.2) is 52.8 Å². The van der Waals surface area contributed by atoms with Crippen LogP contribution < -0.4 is 0 Å². The van der Waals surface area contributed by atoms with E-state index in [0.717, 1.165) is 62.1 Å². The fourth-order valence-corrected chi connectivity index (χ4v) is 6.69. The first-order valence-electron chi connectivity index (χ1n) is 12.3. The van der Waals surface area contributed by atoms with Crippen molar-refractivity contribution in [3.63, 3.8) is 0 Å². The lowest BCUT2D eigenvalue weighted by molar-refractivity contribution is -0.143. The van der Waals surface area contributed by atoms with Crippen molar-refractivity contribution in [1.29, 1.82) is 0 Å². The number of nitrogens with zero attached hydrogens (tertiary/aromatic N) is 3. The first-order valence-corrected chi connectivity index (χ1v) is 13.1. The third kappa shape index (κ3) is 4.47.